The van der Waals surface area contributed by atoms with Crippen LogP contribution in [0.2, 0.25) is 0 Å². The summed E-state index contributed by atoms with van der Waals surface area (Å²) in [6, 6.07) is 7.93. The molecule has 0 aliphatic carbocycles. The summed E-state index contributed by atoms with van der Waals surface area (Å²) in [7, 11) is 0. The molecule has 3 heterocycles. The maximum absolute atomic E-state index is 13.5. The van der Waals surface area contributed by atoms with Crippen molar-refractivity contribution in [2.24, 2.45) is 5.73 Å². The number of anilines is 1. The van der Waals surface area contributed by atoms with Crippen molar-refractivity contribution in [2.45, 2.75) is 38.6 Å². The third-order valence-corrected chi connectivity index (χ3v) is 6.84. The summed E-state index contributed by atoms with van der Waals surface area (Å²) in [4.78, 5) is 29.9. The third kappa shape index (κ3) is 4.42. The molecule has 1 unspecified atom stereocenters. The van der Waals surface area contributed by atoms with Crippen molar-refractivity contribution in [3.63, 3.8) is 0 Å². The highest BCUT2D eigenvalue weighted by Crippen LogP contribution is 2.41. The van der Waals surface area contributed by atoms with Crippen molar-refractivity contribution < 1.29 is 14.0 Å². The second-order valence-electron chi connectivity index (χ2n) is 8.12. The highest BCUT2D eigenvalue weighted by atomic mass is 32.1. The SMILES string of the molecule is Cc1c(-c2ccnc3c2[C@@H](C)CC(=O)N3)csc1C(=O)NC(CN)Cc1cccc(F)c1. The van der Waals surface area contributed by atoms with Gasteiger partial charge < -0.3 is 16.4 Å². The molecule has 4 N–H and O–H groups in total. The number of halogens is 1. The van der Waals surface area contributed by atoms with Gasteiger partial charge in [-0.25, -0.2) is 9.37 Å². The average molecular weight is 453 g/mol. The maximum Gasteiger partial charge on any atom is 0.261 e. The summed E-state index contributed by atoms with van der Waals surface area (Å²) in [5, 5.41) is 7.80. The number of benzene rings is 1. The Balaban J connectivity index is 1.57. The van der Waals surface area contributed by atoms with Crippen molar-refractivity contribution in [3.05, 3.63) is 69.3 Å². The first-order chi connectivity index (χ1) is 15.4. The van der Waals surface area contributed by atoms with Crippen LogP contribution in [0.5, 0.6) is 0 Å². The molecule has 32 heavy (non-hydrogen) atoms. The van der Waals surface area contributed by atoms with Crippen LogP contribution < -0.4 is 16.4 Å². The minimum Gasteiger partial charge on any atom is -0.347 e. The normalized spacial score (nSPS) is 16.2. The Morgan fingerprint density at radius 2 is 2.19 bits per heavy atom. The quantitative estimate of drug-likeness (QED) is 0.527. The van der Waals surface area contributed by atoms with Crippen LogP contribution in [0.15, 0.2) is 41.9 Å². The van der Waals surface area contributed by atoms with E-state index in [-0.39, 0.29) is 36.1 Å². The highest BCUT2D eigenvalue weighted by Gasteiger charge is 2.28. The monoisotopic (exact) mass is 452 g/mol. The molecular weight excluding hydrogens is 427 g/mol. The van der Waals surface area contributed by atoms with Gasteiger partial charge >= 0.3 is 0 Å². The Morgan fingerprint density at radius 1 is 1.38 bits per heavy atom. The van der Waals surface area contributed by atoms with Crippen molar-refractivity contribution >= 4 is 29.0 Å². The molecule has 2 aromatic heterocycles. The van der Waals surface area contributed by atoms with Gasteiger partial charge in [-0.05, 0) is 65.1 Å². The fraction of sp³-hybridized carbons (Fsp3) is 0.292. The van der Waals surface area contributed by atoms with E-state index in [9.17, 15) is 14.0 Å². The van der Waals surface area contributed by atoms with E-state index in [1.165, 1.54) is 23.5 Å². The number of aromatic nitrogens is 1. The van der Waals surface area contributed by atoms with Crippen LogP contribution in [0.3, 0.4) is 0 Å². The van der Waals surface area contributed by atoms with E-state index in [4.69, 9.17) is 5.73 Å². The molecule has 8 heteroatoms. The molecule has 1 aromatic carbocycles. The molecule has 1 aliphatic rings. The van der Waals surface area contributed by atoms with E-state index < -0.39 is 0 Å². The van der Waals surface area contributed by atoms with Crippen LogP contribution in [0.1, 0.15) is 45.6 Å². The first-order valence-corrected chi connectivity index (χ1v) is 11.4. The summed E-state index contributed by atoms with van der Waals surface area (Å²) in [5.41, 5.74) is 10.4. The molecule has 0 fully saturated rings. The molecule has 0 saturated heterocycles. The Morgan fingerprint density at radius 3 is 2.94 bits per heavy atom. The fourth-order valence-corrected chi connectivity index (χ4v) is 5.16. The van der Waals surface area contributed by atoms with E-state index in [1.807, 2.05) is 31.4 Å². The number of thiophene rings is 1. The van der Waals surface area contributed by atoms with Gasteiger partial charge in [0.25, 0.3) is 5.91 Å². The van der Waals surface area contributed by atoms with Crippen LogP contribution >= 0.6 is 11.3 Å². The first kappa shape index (κ1) is 22.1. The molecule has 2 atom stereocenters. The largest absolute Gasteiger partial charge is 0.347 e. The van der Waals surface area contributed by atoms with Gasteiger partial charge in [-0.15, -0.1) is 11.3 Å². The van der Waals surface area contributed by atoms with Crippen molar-refractivity contribution in [2.75, 3.05) is 11.9 Å². The number of hydrogen-bond acceptors (Lipinski definition) is 5. The van der Waals surface area contributed by atoms with Crippen LogP contribution in [0, 0.1) is 12.7 Å². The van der Waals surface area contributed by atoms with Crippen molar-refractivity contribution in [1.82, 2.24) is 10.3 Å². The summed E-state index contributed by atoms with van der Waals surface area (Å²) < 4.78 is 13.5. The van der Waals surface area contributed by atoms with Crippen molar-refractivity contribution in [1.29, 1.82) is 0 Å². The van der Waals surface area contributed by atoms with E-state index in [1.54, 1.807) is 12.3 Å². The molecule has 4 rings (SSSR count). The number of hydrogen-bond donors (Lipinski definition) is 3. The van der Waals surface area contributed by atoms with E-state index in [0.717, 1.165) is 27.8 Å². The molecule has 166 valence electrons. The summed E-state index contributed by atoms with van der Waals surface area (Å²) in [6.07, 6.45) is 2.53. The second kappa shape index (κ2) is 9.18. The highest BCUT2D eigenvalue weighted by molar-refractivity contribution is 7.12. The molecule has 0 spiro atoms. The van der Waals surface area contributed by atoms with Gasteiger partial charge in [-0.1, -0.05) is 19.1 Å². The van der Waals surface area contributed by atoms with Crippen molar-refractivity contribution in [3.8, 4) is 11.1 Å². The lowest BCUT2D eigenvalue weighted by Gasteiger charge is -2.24. The third-order valence-electron chi connectivity index (χ3n) is 5.76. The Kier molecular flexibility index (Phi) is 6.34. The molecule has 0 saturated carbocycles. The Bertz CT molecular complexity index is 1180. The molecule has 6 nitrogen and oxygen atoms in total. The van der Waals surface area contributed by atoms with Gasteiger partial charge in [0.05, 0.1) is 4.88 Å². The molecule has 0 bridgehead atoms. The molecule has 2 amide bonds. The number of rotatable bonds is 6. The number of carbonyl (C=O) groups excluding carboxylic acids is 2. The van der Waals surface area contributed by atoms with Gasteiger partial charge in [0.1, 0.15) is 11.6 Å². The lowest BCUT2D eigenvalue weighted by molar-refractivity contribution is -0.116. The summed E-state index contributed by atoms with van der Waals surface area (Å²) in [6.45, 7) is 4.18. The van der Waals surface area contributed by atoms with Gasteiger partial charge in [0.2, 0.25) is 5.91 Å². The maximum atomic E-state index is 13.5. The fourth-order valence-electron chi connectivity index (χ4n) is 4.17. The molecule has 3 aromatic rings. The average Bonchev–Trinajstić information content (AvgIpc) is 3.13. The number of amides is 2. The van der Waals surface area contributed by atoms with Crippen LogP contribution in [0.4, 0.5) is 10.2 Å². The van der Waals surface area contributed by atoms with Gasteiger partial charge in [-0.2, -0.15) is 0 Å². The minimum absolute atomic E-state index is 0.0342. The number of pyridine rings is 1. The topological polar surface area (TPSA) is 97.1 Å². The van der Waals surface area contributed by atoms with E-state index >= 15 is 0 Å². The van der Waals surface area contributed by atoms with E-state index in [0.29, 0.717) is 23.5 Å². The standard InChI is InChI=1S/C24H25FN4O2S/c1-13-8-20(30)29-23-21(13)18(6-7-27-23)19-12-32-22(14(19)2)24(31)28-17(11-26)10-15-4-3-5-16(25)9-15/h3-7,9,12-13,17H,8,10-11,26H2,1-2H3,(H,28,31)(H,27,29,30)/t13-,17?/m0/s1. The zero-order valence-corrected chi connectivity index (χ0v) is 18.8. The smallest absolute Gasteiger partial charge is 0.261 e. The molecule has 1 aliphatic heterocycles. The Labute approximate surface area is 190 Å². The first-order valence-electron chi connectivity index (χ1n) is 10.5. The lowest BCUT2D eigenvalue weighted by Crippen LogP contribution is -2.41. The second-order valence-corrected chi connectivity index (χ2v) is 9.00. The van der Waals surface area contributed by atoms with Gasteiger partial charge in [0.15, 0.2) is 0 Å². The number of fused-ring (bicyclic) bond motifs is 1. The zero-order chi connectivity index (χ0) is 22.8. The van der Waals surface area contributed by atoms with E-state index in [2.05, 4.69) is 15.6 Å². The van der Waals surface area contributed by atoms with Gasteiger partial charge in [0, 0.05) is 30.8 Å². The number of carbonyl (C=O) groups is 2. The van der Waals surface area contributed by atoms with Crippen LogP contribution in [-0.4, -0.2) is 29.4 Å². The molecular formula is C24H25FN4O2S. The number of nitrogens with two attached hydrogens (primary N) is 1. The lowest BCUT2D eigenvalue weighted by atomic mass is 9.87. The predicted octanol–water partition coefficient (Wildman–Crippen LogP) is 4.00. The number of nitrogens with one attached hydrogen (secondary N) is 2. The minimum atomic E-state index is -0.311. The zero-order valence-electron chi connectivity index (χ0n) is 17.9. The van der Waals surface area contributed by atoms with Crippen LogP contribution in [-0.2, 0) is 11.2 Å². The van der Waals surface area contributed by atoms with Gasteiger partial charge in [-0.3, -0.25) is 9.59 Å². The Hall–Kier alpha value is -3.10. The summed E-state index contributed by atoms with van der Waals surface area (Å²) in [5.74, 6) is 0.0697. The predicted molar refractivity (Wildman–Crippen MR) is 124 cm³/mol. The number of nitrogens with zero attached hydrogens (tertiary/aromatic N) is 1. The van der Waals surface area contributed by atoms with Crippen LogP contribution in [0.25, 0.3) is 11.1 Å². The summed E-state index contributed by atoms with van der Waals surface area (Å²) >= 11 is 1.37. The molecule has 0 radical (unpaired) electrons.